The van der Waals surface area contributed by atoms with Crippen LogP contribution in [0.15, 0.2) is 46.7 Å². The molecule has 0 aromatic heterocycles. The van der Waals surface area contributed by atoms with Gasteiger partial charge < -0.3 is 0 Å². The summed E-state index contributed by atoms with van der Waals surface area (Å²) < 4.78 is 13.2. The van der Waals surface area contributed by atoms with Crippen molar-refractivity contribution in [1.82, 2.24) is 0 Å². The van der Waals surface area contributed by atoms with Crippen LogP contribution >= 0.6 is 11.8 Å². The zero-order chi connectivity index (χ0) is 10.3. The van der Waals surface area contributed by atoms with E-state index in [9.17, 15) is 4.39 Å². The zero-order valence-electron chi connectivity index (χ0n) is 7.98. The maximum Gasteiger partial charge on any atom is 0.123 e. The van der Waals surface area contributed by atoms with E-state index in [1.165, 1.54) is 11.0 Å². The number of hydrogen-bond acceptors (Lipinski definition) is 1. The summed E-state index contributed by atoms with van der Waals surface area (Å²) >= 11 is 1.72. The minimum absolute atomic E-state index is 0.159. The highest BCUT2D eigenvalue weighted by atomic mass is 32.2. The Labute approximate surface area is 92.2 Å². The average molecular weight is 216 g/mol. The van der Waals surface area contributed by atoms with Crippen molar-refractivity contribution in [3.8, 4) is 0 Å². The third-order valence-corrected chi connectivity index (χ3v) is 3.66. The van der Waals surface area contributed by atoms with E-state index in [-0.39, 0.29) is 11.7 Å². The fraction of sp³-hybridized carbons (Fsp3) is 0.0769. The van der Waals surface area contributed by atoms with Crippen LogP contribution in [0.2, 0.25) is 0 Å². The van der Waals surface area contributed by atoms with Gasteiger partial charge in [-0.15, -0.1) is 11.8 Å². The molecule has 1 unspecified atom stereocenters. The van der Waals surface area contributed by atoms with E-state index < -0.39 is 0 Å². The van der Waals surface area contributed by atoms with Crippen LogP contribution < -0.4 is 0 Å². The van der Waals surface area contributed by atoms with Gasteiger partial charge in [-0.3, -0.25) is 0 Å². The largest absolute Gasteiger partial charge is 0.207 e. The fourth-order valence-electron chi connectivity index (χ4n) is 1.98. The molecule has 74 valence electrons. The van der Waals surface area contributed by atoms with E-state index in [0.717, 1.165) is 11.1 Å². The number of halogens is 1. The summed E-state index contributed by atoms with van der Waals surface area (Å²) in [7, 11) is 0. The molecule has 0 N–H and O–H groups in total. The summed E-state index contributed by atoms with van der Waals surface area (Å²) in [6.45, 7) is 0. The van der Waals surface area contributed by atoms with E-state index in [1.807, 2.05) is 18.2 Å². The summed E-state index contributed by atoms with van der Waals surface area (Å²) in [4.78, 5) is 1.27. The number of benzene rings is 1. The maximum atomic E-state index is 13.2. The molecule has 0 radical (unpaired) electrons. The van der Waals surface area contributed by atoms with Gasteiger partial charge in [-0.25, -0.2) is 4.39 Å². The lowest BCUT2D eigenvalue weighted by molar-refractivity contribution is 0.625. The minimum atomic E-state index is -0.159. The Balaban J connectivity index is 2.21. The normalized spacial score (nSPS) is 21.9. The number of allylic oxidation sites excluding steroid dienone is 4. The van der Waals surface area contributed by atoms with Crippen molar-refractivity contribution >= 4 is 17.8 Å². The number of thioether (sulfide) groups is 1. The van der Waals surface area contributed by atoms with Crippen molar-refractivity contribution in [1.29, 1.82) is 0 Å². The number of rotatable bonds is 0. The molecule has 1 atom stereocenters. The van der Waals surface area contributed by atoms with Crippen LogP contribution in [0.5, 0.6) is 0 Å². The first-order chi connectivity index (χ1) is 7.34. The Hall–Kier alpha value is -1.28. The van der Waals surface area contributed by atoms with Crippen LogP contribution in [0.25, 0.3) is 6.08 Å². The molecule has 1 heterocycles. The topological polar surface area (TPSA) is 0 Å². The zero-order valence-corrected chi connectivity index (χ0v) is 8.80. The smallest absolute Gasteiger partial charge is 0.123 e. The van der Waals surface area contributed by atoms with Gasteiger partial charge >= 0.3 is 0 Å². The van der Waals surface area contributed by atoms with E-state index >= 15 is 0 Å². The minimum Gasteiger partial charge on any atom is -0.207 e. The molecular weight excluding hydrogens is 207 g/mol. The van der Waals surface area contributed by atoms with Crippen molar-refractivity contribution < 1.29 is 4.39 Å². The molecule has 0 spiro atoms. The lowest BCUT2D eigenvalue weighted by atomic mass is 9.95. The second-order valence-corrected chi connectivity index (χ2v) is 4.60. The standard InChI is InChI=1S/C13H9FS/c14-10-5-4-9-2-1-3-13-11(6-7-15-13)12(9)8-10/h1-8,11H. The predicted octanol–water partition coefficient (Wildman–Crippen LogP) is 4.08. The van der Waals surface area contributed by atoms with Crippen LogP contribution in [0.4, 0.5) is 4.39 Å². The van der Waals surface area contributed by atoms with E-state index in [2.05, 4.69) is 17.6 Å². The molecule has 0 fully saturated rings. The van der Waals surface area contributed by atoms with Crippen molar-refractivity contribution in [2.75, 3.05) is 0 Å². The van der Waals surface area contributed by atoms with Crippen LogP contribution in [0.1, 0.15) is 17.0 Å². The molecule has 0 bridgehead atoms. The molecule has 0 saturated heterocycles. The summed E-state index contributed by atoms with van der Waals surface area (Å²) in [6.07, 6.45) is 8.30. The Bertz CT molecular complexity index is 497. The SMILES string of the molecule is Fc1ccc2c(c1)C1C=CSC1=CC=C2. The van der Waals surface area contributed by atoms with Gasteiger partial charge in [-0.1, -0.05) is 30.4 Å². The van der Waals surface area contributed by atoms with Gasteiger partial charge in [0.25, 0.3) is 0 Å². The summed E-state index contributed by atoms with van der Waals surface area (Å²) in [5, 5.41) is 2.07. The molecule has 2 aliphatic rings. The third-order valence-electron chi connectivity index (χ3n) is 2.70. The van der Waals surface area contributed by atoms with Gasteiger partial charge in [-0.05, 0) is 28.7 Å². The van der Waals surface area contributed by atoms with Crippen LogP contribution in [0, 0.1) is 5.82 Å². The molecule has 1 aromatic carbocycles. The molecule has 1 aliphatic heterocycles. The van der Waals surface area contributed by atoms with Crippen LogP contribution in [-0.2, 0) is 0 Å². The maximum absolute atomic E-state index is 13.2. The average Bonchev–Trinajstić information content (AvgIpc) is 2.62. The molecule has 15 heavy (non-hydrogen) atoms. The summed E-state index contributed by atoms with van der Waals surface area (Å²) in [5.74, 6) is 0.0874. The first-order valence-corrected chi connectivity index (χ1v) is 5.73. The summed E-state index contributed by atoms with van der Waals surface area (Å²) in [6, 6.07) is 4.99. The highest BCUT2D eigenvalue weighted by molar-refractivity contribution is 8.06. The molecule has 0 amide bonds. The van der Waals surface area contributed by atoms with Crippen LogP contribution in [0.3, 0.4) is 0 Å². The van der Waals surface area contributed by atoms with Crippen molar-refractivity contribution in [2.45, 2.75) is 5.92 Å². The number of hydrogen-bond donors (Lipinski definition) is 0. The fourth-order valence-corrected chi connectivity index (χ4v) is 2.88. The van der Waals surface area contributed by atoms with Gasteiger partial charge in [-0.2, -0.15) is 0 Å². The first-order valence-electron chi connectivity index (χ1n) is 4.85. The Morgan fingerprint density at radius 3 is 3.13 bits per heavy atom. The van der Waals surface area contributed by atoms with Gasteiger partial charge in [0, 0.05) is 10.8 Å². The Morgan fingerprint density at radius 2 is 2.20 bits per heavy atom. The Morgan fingerprint density at radius 1 is 1.27 bits per heavy atom. The number of fused-ring (bicyclic) bond motifs is 3. The van der Waals surface area contributed by atoms with Gasteiger partial charge in [0.2, 0.25) is 0 Å². The van der Waals surface area contributed by atoms with Crippen LogP contribution in [-0.4, -0.2) is 0 Å². The lowest BCUT2D eigenvalue weighted by Gasteiger charge is -2.12. The third kappa shape index (κ3) is 1.45. The molecule has 0 saturated carbocycles. The van der Waals surface area contributed by atoms with E-state index in [1.54, 1.807) is 17.8 Å². The van der Waals surface area contributed by atoms with Crippen molar-refractivity contribution in [2.24, 2.45) is 0 Å². The van der Waals surface area contributed by atoms with Gasteiger partial charge in [0.15, 0.2) is 0 Å². The van der Waals surface area contributed by atoms with Crippen molar-refractivity contribution in [3.05, 3.63) is 63.7 Å². The molecule has 2 heteroatoms. The Kier molecular flexibility index (Phi) is 2.03. The second kappa shape index (κ2) is 3.38. The van der Waals surface area contributed by atoms with E-state index in [0.29, 0.717) is 0 Å². The molecule has 0 nitrogen and oxygen atoms in total. The van der Waals surface area contributed by atoms with Gasteiger partial charge in [0.1, 0.15) is 5.82 Å². The highest BCUT2D eigenvalue weighted by Gasteiger charge is 2.21. The molecule has 3 rings (SSSR count). The first kappa shape index (κ1) is 8.98. The quantitative estimate of drug-likeness (QED) is 0.629. The van der Waals surface area contributed by atoms with E-state index in [4.69, 9.17) is 0 Å². The van der Waals surface area contributed by atoms with Crippen molar-refractivity contribution in [3.63, 3.8) is 0 Å². The molecule has 1 aliphatic carbocycles. The monoisotopic (exact) mass is 216 g/mol. The lowest BCUT2D eigenvalue weighted by Crippen LogP contribution is -1.96. The predicted molar refractivity (Wildman–Crippen MR) is 63.0 cm³/mol. The highest BCUT2D eigenvalue weighted by Crippen LogP contribution is 2.43. The molecule has 1 aromatic rings. The molecular formula is C13H9FS. The summed E-state index contributed by atoms with van der Waals surface area (Å²) in [5.41, 5.74) is 2.18. The van der Waals surface area contributed by atoms with Gasteiger partial charge in [0.05, 0.1) is 0 Å². The second-order valence-electron chi connectivity index (χ2n) is 3.63.